The van der Waals surface area contributed by atoms with Crippen LogP contribution in [-0.4, -0.2) is 34.9 Å². The van der Waals surface area contributed by atoms with Crippen molar-refractivity contribution < 1.29 is 19.1 Å². The predicted molar refractivity (Wildman–Crippen MR) is 83.8 cm³/mol. The van der Waals surface area contributed by atoms with E-state index in [1.165, 1.54) is 6.92 Å². The van der Waals surface area contributed by atoms with E-state index in [1.54, 1.807) is 17.2 Å². The van der Waals surface area contributed by atoms with Gasteiger partial charge in [-0.3, -0.25) is 9.59 Å². The minimum absolute atomic E-state index is 0.0703. The normalized spacial score (nSPS) is 12.3. The third-order valence-corrected chi connectivity index (χ3v) is 3.80. The number of aromatic nitrogens is 1. The lowest BCUT2D eigenvalue weighted by molar-refractivity contribution is 0.0747. The number of carbonyl (C=O) groups is 2. The molecule has 2 heterocycles. The molecular formula is C17H18N2O4. The van der Waals surface area contributed by atoms with E-state index in [9.17, 15) is 9.59 Å². The van der Waals surface area contributed by atoms with Gasteiger partial charge >= 0.3 is 0 Å². The number of amides is 1. The number of nitrogens with zero attached hydrogens (tertiary/aromatic N) is 1. The second kappa shape index (κ2) is 6.16. The third-order valence-electron chi connectivity index (χ3n) is 3.80. The first-order chi connectivity index (χ1) is 11.1. The Morgan fingerprint density at radius 3 is 2.70 bits per heavy atom. The molecule has 6 heteroatoms. The Hall–Kier alpha value is -2.76. The van der Waals surface area contributed by atoms with Crippen molar-refractivity contribution in [1.29, 1.82) is 0 Å². The zero-order valence-electron chi connectivity index (χ0n) is 13.1. The topological polar surface area (TPSA) is 71.6 Å². The van der Waals surface area contributed by atoms with E-state index >= 15 is 0 Å². The van der Waals surface area contributed by atoms with Gasteiger partial charge in [0.25, 0.3) is 5.91 Å². The summed E-state index contributed by atoms with van der Waals surface area (Å²) in [5, 5.41) is 0. The van der Waals surface area contributed by atoms with Gasteiger partial charge in [0.15, 0.2) is 17.3 Å². The molecule has 1 amide bonds. The summed E-state index contributed by atoms with van der Waals surface area (Å²) in [5.41, 5.74) is 1.88. The smallest absolute Gasteiger partial charge is 0.270 e. The summed E-state index contributed by atoms with van der Waals surface area (Å²) in [7, 11) is 0. The van der Waals surface area contributed by atoms with Crippen molar-refractivity contribution in [3.8, 4) is 11.5 Å². The molecule has 1 N–H and O–H groups in total. The first kappa shape index (κ1) is 15.1. The molecule has 23 heavy (non-hydrogen) atoms. The van der Waals surface area contributed by atoms with Gasteiger partial charge in [0, 0.05) is 24.8 Å². The van der Waals surface area contributed by atoms with Crippen LogP contribution in [0.2, 0.25) is 0 Å². The Balaban J connectivity index is 1.76. The number of H-pyrrole nitrogens is 1. The molecule has 2 aromatic rings. The number of nitrogens with one attached hydrogen (secondary N) is 1. The molecule has 6 nitrogen and oxygen atoms in total. The molecule has 1 aromatic carbocycles. The van der Waals surface area contributed by atoms with E-state index in [0.717, 1.165) is 11.3 Å². The molecule has 1 aliphatic heterocycles. The highest BCUT2D eigenvalue weighted by Crippen LogP contribution is 2.32. The van der Waals surface area contributed by atoms with Crippen LogP contribution in [0.1, 0.15) is 40.3 Å². The number of ketones is 1. The maximum atomic E-state index is 12.6. The van der Waals surface area contributed by atoms with Crippen molar-refractivity contribution in [3.63, 3.8) is 0 Å². The van der Waals surface area contributed by atoms with Gasteiger partial charge in [-0.05, 0) is 37.6 Å². The zero-order chi connectivity index (χ0) is 16.4. The van der Waals surface area contributed by atoms with Crippen molar-refractivity contribution >= 4 is 11.7 Å². The van der Waals surface area contributed by atoms with Gasteiger partial charge in [0.1, 0.15) is 5.69 Å². The van der Waals surface area contributed by atoms with Gasteiger partial charge in [0.2, 0.25) is 6.79 Å². The number of carbonyl (C=O) groups excluding carboxylic acids is 2. The second-order valence-electron chi connectivity index (χ2n) is 5.37. The lowest BCUT2D eigenvalue weighted by atomic mass is 10.1. The first-order valence-corrected chi connectivity index (χ1v) is 7.45. The van der Waals surface area contributed by atoms with Gasteiger partial charge in [-0.1, -0.05) is 6.07 Å². The van der Waals surface area contributed by atoms with Gasteiger partial charge in [0.05, 0.1) is 0 Å². The fourth-order valence-corrected chi connectivity index (χ4v) is 2.48. The molecule has 0 aliphatic carbocycles. The molecule has 1 aromatic heterocycles. The Bertz CT molecular complexity index is 751. The summed E-state index contributed by atoms with van der Waals surface area (Å²) in [4.78, 5) is 28.5. The van der Waals surface area contributed by atoms with Crippen LogP contribution < -0.4 is 9.47 Å². The molecule has 0 unspecified atom stereocenters. The predicted octanol–water partition coefficient (Wildman–Crippen LogP) is 2.61. The highest BCUT2D eigenvalue weighted by atomic mass is 16.7. The van der Waals surface area contributed by atoms with E-state index in [2.05, 4.69) is 4.98 Å². The van der Waals surface area contributed by atoms with Crippen LogP contribution in [0.25, 0.3) is 0 Å². The van der Waals surface area contributed by atoms with Crippen LogP contribution in [0.3, 0.4) is 0 Å². The summed E-state index contributed by atoms with van der Waals surface area (Å²) >= 11 is 0. The second-order valence-corrected chi connectivity index (χ2v) is 5.37. The maximum absolute atomic E-state index is 12.6. The van der Waals surface area contributed by atoms with Crippen LogP contribution >= 0.6 is 0 Å². The monoisotopic (exact) mass is 314 g/mol. The summed E-state index contributed by atoms with van der Waals surface area (Å²) in [6.07, 6.45) is 1.56. The molecule has 0 bridgehead atoms. The van der Waals surface area contributed by atoms with Gasteiger partial charge in [-0.2, -0.15) is 0 Å². The summed E-state index contributed by atoms with van der Waals surface area (Å²) in [5.74, 6) is 1.21. The molecule has 0 fully saturated rings. The van der Waals surface area contributed by atoms with E-state index in [-0.39, 0.29) is 18.5 Å². The van der Waals surface area contributed by atoms with Crippen molar-refractivity contribution in [2.24, 2.45) is 0 Å². The highest BCUT2D eigenvalue weighted by Gasteiger charge is 2.19. The summed E-state index contributed by atoms with van der Waals surface area (Å²) in [6, 6.07) is 7.23. The Labute approximate surface area is 134 Å². The highest BCUT2D eigenvalue weighted by molar-refractivity contribution is 5.99. The number of rotatable bonds is 5. The minimum atomic E-state index is -0.141. The zero-order valence-corrected chi connectivity index (χ0v) is 13.1. The first-order valence-electron chi connectivity index (χ1n) is 7.45. The van der Waals surface area contributed by atoms with Crippen molar-refractivity contribution in [2.75, 3.05) is 13.3 Å². The summed E-state index contributed by atoms with van der Waals surface area (Å²) < 4.78 is 10.6. The number of benzene rings is 1. The average Bonchev–Trinajstić information content (AvgIpc) is 3.20. The number of aromatic amines is 1. The van der Waals surface area contributed by atoms with Crippen LogP contribution in [0, 0.1) is 0 Å². The van der Waals surface area contributed by atoms with Gasteiger partial charge in [-0.25, -0.2) is 0 Å². The molecule has 0 saturated carbocycles. The Morgan fingerprint density at radius 2 is 2.00 bits per heavy atom. The molecule has 3 rings (SSSR count). The summed E-state index contributed by atoms with van der Waals surface area (Å²) in [6.45, 7) is 4.63. The van der Waals surface area contributed by atoms with Crippen molar-refractivity contribution in [1.82, 2.24) is 9.88 Å². The van der Waals surface area contributed by atoms with Crippen LogP contribution in [-0.2, 0) is 6.54 Å². The van der Waals surface area contributed by atoms with Crippen LogP contribution in [0.5, 0.6) is 11.5 Å². The minimum Gasteiger partial charge on any atom is -0.454 e. The molecule has 120 valence electrons. The lowest BCUT2D eigenvalue weighted by Gasteiger charge is -2.20. The SMILES string of the molecule is CCN(Cc1ccc2c(c1)OCO2)C(=O)c1cc(C(C)=O)c[nH]1. The van der Waals surface area contributed by atoms with E-state index in [4.69, 9.17) is 9.47 Å². The van der Waals surface area contributed by atoms with Crippen molar-refractivity contribution in [2.45, 2.75) is 20.4 Å². The van der Waals surface area contributed by atoms with Gasteiger partial charge in [-0.15, -0.1) is 0 Å². The van der Waals surface area contributed by atoms with E-state index in [1.807, 2.05) is 25.1 Å². The fourth-order valence-electron chi connectivity index (χ4n) is 2.48. The average molecular weight is 314 g/mol. The van der Waals surface area contributed by atoms with Crippen LogP contribution in [0.4, 0.5) is 0 Å². The van der Waals surface area contributed by atoms with E-state index < -0.39 is 0 Å². The largest absolute Gasteiger partial charge is 0.454 e. The standard InChI is InChI=1S/C17H18N2O4/c1-3-19(17(21)14-7-13(8-18-14)11(2)20)9-12-4-5-15-16(6-12)23-10-22-15/h4-8,18H,3,9-10H2,1-2H3. The molecular weight excluding hydrogens is 296 g/mol. The number of fused-ring (bicyclic) bond motifs is 1. The fraction of sp³-hybridized carbons (Fsp3) is 0.294. The molecule has 1 aliphatic rings. The Kier molecular flexibility index (Phi) is 4.06. The molecule has 0 atom stereocenters. The number of hydrogen-bond acceptors (Lipinski definition) is 4. The number of Topliss-reactive ketones (excluding diaryl/α,β-unsaturated/α-hetero) is 1. The molecule has 0 spiro atoms. The maximum Gasteiger partial charge on any atom is 0.270 e. The lowest BCUT2D eigenvalue weighted by Crippen LogP contribution is -2.30. The van der Waals surface area contributed by atoms with Crippen molar-refractivity contribution in [3.05, 3.63) is 47.3 Å². The number of ether oxygens (including phenoxy) is 2. The number of hydrogen-bond donors (Lipinski definition) is 1. The molecule has 0 saturated heterocycles. The van der Waals surface area contributed by atoms with Gasteiger partial charge < -0.3 is 19.4 Å². The Morgan fingerprint density at radius 1 is 1.22 bits per heavy atom. The third kappa shape index (κ3) is 3.06. The van der Waals surface area contributed by atoms with E-state index in [0.29, 0.717) is 30.1 Å². The van der Waals surface area contributed by atoms with Crippen LogP contribution in [0.15, 0.2) is 30.5 Å². The molecule has 0 radical (unpaired) electrons. The quantitative estimate of drug-likeness (QED) is 0.861.